The zero-order chi connectivity index (χ0) is 17.9. The maximum absolute atomic E-state index is 10.3. The van der Waals surface area contributed by atoms with E-state index in [1.165, 1.54) is 0 Å². The second kappa shape index (κ2) is 8.84. The van der Waals surface area contributed by atoms with Gasteiger partial charge in [-0.1, -0.05) is 30.0 Å². The van der Waals surface area contributed by atoms with Gasteiger partial charge >= 0.3 is 0 Å². The van der Waals surface area contributed by atoms with Crippen LogP contribution in [0.2, 0.25) is 0 Å². The van der Waals surface area contributed by atoms with Crippen molar-refractivity contribution in [1.29, 1.82) is 5.26 Å². The van der Waals surface area contributed by atoms with Gasteiger partial charge in [-0.25, -0.2) is 0 Å². The van der Waals surface area contributed by atoms with E-state index < -0.39 is 5.60 Å². The van der Waals surface area contributed by atoms with Crippen molar-refractivity contribution in [1.82, 2.24) is 4.90 Å². The summed E-state index contributed by atoms with van der Waals surface area (Å²) < 4.78 is 0. The molecule has 3 rings (SSSR count). The summed E-state index contributed by atoms with van der Waals surface area (Å²) in [5.41, 5.74) is 1.07. The molecule has 0 radical (unpaired) electrons. The third-order valence-electron chi connectivity index (χ3n) is 5.36. The minimum atomic E-state index is -0.828. The fourth-order valence-electron chi connectivity index (χ4n) is 3.97. The van der Waals surface area contributed by atoms with Crippen molar-refractivity contribution in [2.24, 2.45) is 0 Å². The fourth-order valence-corrected chi connectivity index (χ4v) is 3.97. The van der Waals surface area contributed by atoms with Crippen LogP contribution >= 0.6 is 17.0 Å². The van der Waals surface area contributed by atoms with Crippen LogP contribution in [0.5, 0.6) is 0 Å². The molecule has 1 heterocycles. The van der Waals surface area contributed by atoms with E-state index >= 15 is 0 Å². The lowest BCUT2D eigenvalue weighted by Crippen LogP contribution is -2.63. The van der Waals surface area contributed by atoms with Crippen LogP contribution in [0.15, 0.2) is 36.9 Å². The molecule has 0 aromatic heterocycles. The molecule has 5 heteroatoms. The summed E-state index contributed by atoms with van der Waals surface area (Å²) in [5.74, 6) is 6.08. The van der Waals surface area contributed by atoms with Crippen molar-refractivity contribution in [3.05, 3.63) is 48.0 Å². The highest BCUT2D eigenvalue weighted by molar-refractivity contribution is 8.93. The van der Waals surface area contributed by atoms with Gasteiger partial charge in [0.2, 0.25) is 0 Å². The molecule has 2 N–H and O–H groups in total. The Hall–Kier alpha value is -1.63. The Morgan fingerprint density at radius 3 is 2.46 bits per heavy atom. The summed E-state index contributed by atoms with van der Waals surface area (Å²) in [4.78, 5) is 1.97. The minimum Gasteiger partial charge on any atom is -0.395 e. The third-order valence-corrected chi connectivity index (χ3v) is 5.36. The van der Waals surface area contributed by atoms with Gasteiger partial charge in [0, 0.05) is 24.1 Å². The van der Waals surface area contributed by atoms with Crippen LogP contribution in [-0.2, 0) is 0 Å². The second-order valence-corrected chi connectivity index (χ2v) is 6.95. The van der Waals surface area contributed by atoms with E-state index in [1.54, 1.807) is 6.08 Å². The van der Waals surface area contributed by atoms with Crippen molar-refractivity contribution in [2.45, 2.75) is 49.3 Å². The Kier molecular flexibility index (Phi) is 7.03. The average Bonchev–Trinajstić information content (AvgIpc) is 3.05. The van der Waals surface area contributed by atoms with E-state index in [-0.39, 0.29) is 41.6 Å². The molecular weight excluding hydrogens is 392 g/mol. The van der Waals surface area contributed by atoms with Gasteiger partial charge in [0.25, 0.3) is 0 Å². The topological polar surface area (TPSA) is 67.5 Å². The summed E-state index contributed by atoms with van der Waals surface area (Å²) >= 11 is 0. The Morgan fingerprint density at radius 2 is 1.92 bits per heavy atom. The zero-order valence-corrected chi connectivity index (χ0v) is 16.5. The Bertz CT molecular complexity index is 723. The molecule has 2 aliphatic rings. The molecule has 138 valence electrons. The Balaban J connectivity index is 0.00000243. The van der Waals surface area contributed by atoms with Gasteiger partial charge in [0.05, 0.1) is 12.7 Å². The van der Waals surface area contributed by atoms with Crippen LogP contribution in [0.3, 0.4) is 0 Å². The maximum atomic E-state index is 10.3. The molecule has 4 nitrogen and oxygen atoms in total. The van der Waals surface area contributed by atoms with Crippen LogP contribution in [0.4, 0.5) is 0 Å². The highest BCUT2D eigenvalue weighted by Gasteiger charge is 2.48. The average molecular weight is 417 g/mol. The van der Waals surface area contributed by atoms with E-state index in [0.29, 0.717) is 6.54 Å². The number of benzene rings is 1. The molecule has 0 bridgehead atoms. The van der Waals surface area contributed by atoms with Crippen LogP contribution < -0.4 is 0 Å². The molecular formula is C21H25BrN2O2. The third kappa shape index (κ3) is 4.03. The summed E-state index contributed by atoms with van der Waals surface area (Å²) in [7, 11) is 0. The van der Waals surface area contributed by atoms with Gasteiger partial charge in [0.1, 0.15) is 11.6 Å². The summed E-state index contributed by atoms with van der Waals surface area (Å²) in [5, 5.41) is 29.4. The maximum Gasteiger partial charge on any atom is 0.125 e. The molecule has 1 saturated carbocycles. The standard InChI is InChI=1S/C21H24N2O2.BrH/c1-2-13-23-18(14-22)20(19(23)15-24)17-7-5-16(6-8-17)9-12-21(25)10-3-4-11-21;/h2,5-8,18-20,24-25H,1,3-4,10-11,13,15H2;1H/t18-,19+,20+;/m0./s1. The number of nitrogens with zero attached hydrogens (tertiary/aromatic N) is 2. The molecule has 1 aliphatic carbocycles. The monoisotopic (exact) mass is 416 g/mol. The number of likely N-dealkylation sites (tertiary alicyclic amines) is 1. The van der Waals surface area contributed by atoms with Crippen molar-refractivity contribution >= 4 is 17.0 Å². The van der Waals surface area contributed by atoms with Crippen LogP contribution in [-0.4, -0.2) is 45.9 Å². The lowest BCUT2D eigenvalue weighted by atomic mass is 9.75. The molecule has 0 unspecified atom stereocenters. The van der Waals surface area contributed by atoms with Crippen molar-refractivity contribution in [3.8, 4) is 17.9 Å². The van der Waals surface area contributed by atoms with Crippen LogP contribution in [0, 0.1) is 23.2 Å². The summed E-state index contributed by atoms with van der Waals surface area (Å²) in [6, 6.07) is 9.85. The smallest absolute Gasteiger partial charge is 0.125 e. The molecule has 26 heavy (non-hydrogen) atoms. The summed E-state index contributed by atoms with van der Waals surface area (Å²) in [6.07, 6.45) is 5.33. The van der Waals surface area contributed by atoms with Crippen molar-refractivity contribution < 1.29 is 10.2 Å². The number of aliphatic hydroxyl groups excluding tert-OH is 1. The predicted octanol–water partition coefficient (Wildman–Crippen LogP) is 2.76. The van der Waals surface area contributed by atoms with E-state index in [9.17, 15) is 15.5 Å². The van der Waals surface area contributed by atoms with Gasteiger partial charge in [-0.3, -0.25) is 4.90 Å². The molecule has 1 aromatic rings. The largest absolute Gasteiger partial charge is 0.395 e. The Morgan fingerprint density at radius 1 is 1.27 bits per heavy atom. The van der Waals surface area contributed by atoms with Gasteiger partial charge in [-0.2, -0.15) is 5.26 Å². The number of hydrogen-bond donors (Lipinski definition) is 2. The van der Waals surface area contributed by atoms with E-state index in [2.05, 4.69) is 24.5 Å². The lowest BCUT2D eigenvalue weighted by Gasteiger charge is -2.51. The van der Waals surface area contributed by atoms with E-state index in [0.717, 1.165) is 36.8 Å². The first kappa shape index (κ1) is 20.7. The summed E-state index contributed by atoms with van der Waals surface area (Å²) in [6.45, 7) is 4.34. The quantitative estimate of drug-likeness (QED) is 0.584. The van der Waals surface area contributed by atoms with Gasteiger partial charge in [-0.15, -0.1) is 23.6 Å². The molecule has 1 aromatic carbocycles. The molecule has 0 amide bonds. The number of hydrogen-bond acceptors (Lipinski definition) is 4. The van der Waals surface area contributed by atoms with E-state index in [1.807, 2.05) is 29.2 Å². The normalized spacial score (nSPS) is 26.6. The first-order valence-electron chi connectivity index (χ1n) is 8.84. The van der Waals surface area contributed by atoms with Gasteiger partial charge in [0.15, 0.2) is 0 Å². The van der Waals surface area contributed by atoms with Gasteiger partial charge < -0.3 is 10.2 Å². The predicted molar refractivity (Wildman–Crippen MR) is 107 cm³/mol. The number of halogens is 1. The number of nitriles is 1. The molecule has 1 saturated heterocycles. The SMILES string of the molecule is Br.C=CCN1[C@H](CO)[C@H](c2ccc(C#CC3(O)CCCC3)cc2)[C@@H]1C#N. The van der Waals surface area contributed by atoms with Crippen LogP contribution in [0.1, 0.15) is 42.7 Å². The highest BCUT2D eigenvalue weighted by Crippen LogP contribution is 2.40. The number of aliphatic hydroxyl groups is 2. The molecule has 3 atom stereocenters. The fraction of sp³-hybridized carbons (Fsp3) is 0.476. The second-order valence-electron chi connectivity index (χ2n) is 6.95. The molecule has 0 spiro atoms. The minimum absolute atomic E-state index is 0. The van der Waals surface area contributed by atoms with Crippen LogP contribution in [0.25, 0.3) is 0 Å². The lowest BCUT2D eigenvalue weighted by molar-refractivity contribution is -0.00730. The Labute approximate surface area is 165 Å². The van der Waals surface area contributed by atoms with Crippen molar-refractivity contribution in [2.75, 3.05) is 13.2 Å². The highest BCUT2D eigenvalue weighted by atomic mass is 79.9. The number of rotatable bonds is 4. The molecule has 2 fully saturated rings. The molecule has 1 aliphatic heterocycles. The van der Waals surface area contributed by atoms with Crippen molar-refractivity contribution in [3.63, 3.8) is 0 Å². The van der Waals surface area contributed by atoms with Gasteiger partial charge in [-0.05, 0) is 43.4 Å². The zero-order valence-electron chi connectivity index (χ0n) is 14.8. The first-order chi connectivity index (χ1) is 12.1. The first-order valence-corrected chi connectivity index (χ1v) is 8.84. The van der Waals surface area contributed by atoms with E-state index in [4.69, 9.17) is 0 Å².